The zero-order chi connectivity index (χ0) is 30.4. The Morgan fingerprint density at radius 3 is 2.02 bits per heavy atom. The van der Waals surface area contributed by atoms with Crippen molar-refractivity contribution in [2.45, 2.75) is 6.92 Å². The summed E-state index contributed by atoms with van der Waals surface area (Å²) in [5.74, 6) is -0.693. The number of ether oxygens (including phenoxy) is 2. The molecule has 0 radical (unpaired) electrons. The number of rotatable bonds is 7. The Labute approximate surface area is 262 Å². The van der Waals surface area contributed by atoms with E-state index in [1.807, 2.05) is 18.2 Å². The first kappa shape index (κ1) is 27.9. The van der Waals surface area contributed by atoms with E-state index in [-0.39, 0.29) is 22.5 Å². The Morgan fingerprint density at radius 1 is 0.705 bits per heavy atom. The molecule has 2 N–H and O–H groups in total. The molecule has 0 amide bonds. The first-order chi connectivity index (χ1) is 21.4. The van der Waals surface area contributed by atoms with E-state index in [9.17, 15) is 19.8 Å². The van der Waals surface area contributed by atoms with E-state index in [1.165, 1.54) is 40.9 Å². The number of thiophene rings is 3. The van der Waals surface area contributed by atoms with Crippen LogP contribution in [0.25, 0.3) is 52.7 Å². The maximum atomic E-state index is 12.0. The molecule has 9 nitrogen and oxygen atoms in total. The fraction of sp³-hybridized carbons (Fsp3) is 0.0938. The average molecular weight is 640 g/mol. The van der Waals surface area contributed by atoms with Crippen LogP contribution in [0, 0.1) is 6.92 Å². The largest absolute Gasteiger partial charge is 0.485 e. The first-order valence-corrected chi connectivity index (χ1v) is 15.9. The highest BCUT2D eigenvalue weighted by atomic mass is 32.1. The third kappa shape index (κ3) is 5.12. The van der Waals surface area contributed by atoms with E-state index in [4.69, 9.17) is 9.47 Å². The van der Waals surface area contributed by atoms with E-state index < -0.39 is 11.9 Å². The molecule has 7 heterocycles. The summed E-state index contributed by atoms with van der Waals surface area (Å²) in [5.41, 5.74) is 3.37. The summed E-state index contributed by atoms with van der Waals surface area (Å²) in [7, 11) is 0. The van der Waals surface area contributed by atoms with Crippen molar-refractivity contribution in [2.75, 3.05) is 13.2 Å². The van der Waals surface area contributed by atoms with Crippen LogP contribution in [0.5, 0.6) is 11.5 Å². The zero-order valence-corrected chi connectivity index (χ0v) is 25.4. The molecule has 12 heteroatoms. The molecule has 0 fully saturated rings. The maximum Gasteiger partial charge on any atom is 0.335 e. The fourth-order valence-corrected chi connectivity index (χ4v) is 8.26. The van der Waals surface area contributed by atoms with Gasteiger partial charge in [-0.3, -0.25) is 9.97 Å². The van der Waals surface area contributed by atoms with Gasteiger partial charge in [0, 0.05) is 22.1 Å². The molecule has 0 unspecified atom stereocenters. The van der Waals surface area contributed by atoms with Crippen LogP contribution < -0.4 is 9.47 Å². The predicted octanol–water partition coefficient (Wildman–Crippen LogP) is 7.87. The van der Waals surface area contributed by atoms with Crippen molar-refractivity contribution in [3.05, 3.63) is 89.1 Å². The molecule has 6 aromatic rings. The third-order valence-corrected chi connectivity index (χ3v) is 10.6. The lowest BCUT2D eigenvalue weighted by molar-refractivity contribution is 0.0686. The number of fused-ring (bicyclic) bond motifs is 1. The van der Waals surface area contributed by atoms with Gasteiger partial charge in [0.05, 0.1) is 48.5 Å². The van der Waals surface area contributed by atoms with Crippen molar-refractivity contribution >= 4 is 45.9 Å². The highest BCUT2D eigenvalue weighted by molar-refractivity contribution is 7.27. The second-order valence-corrected chi connectivity index (χ2v) is 12.8. The second-order valence-electron chi connectivity index (χ2n) is 9.81. The summed E-state index contributed by atoms with van der Waals surface area (Å²) in [5, 5.41) is 21.3. The number of nitrogens with zero attached hydrogens (tertiary/aromatic N) is 3. The molecule has 0 atom stereocenters. The van der Waals surface area contributed by atoms with Gasteiger partial charge in [-0.05, 0) is 78.0 Å². The quantitative estimate of drug-likeness (QED) is 0.179. The summed E-state index contributed by atoms with van der Waals surface area (Å²) < 4.78 is 12.2. The number of carboxylic acids is 2. The topological polar surface area (TPSA) is 132 Å². The van der Waals surface area contributed by atoms with Gasteiger partial charge in [0.15, 0.2) is 11.5 Å². The normalized spacial score (nSPS) is 12.3. The van der Waals surface area contributed by atoms with Gasteiger partial charge in [-0.1, -0.05) is 0 Å². The highest BCUT2D eigenvalue weighted by Gasteiger charge is 2.28. The molecule has 0 aromatic carbocycles. The molecule has 0 aliphatic carbocycles. The lowest BCUT2D eigenvalue weighted by Gasteiger charge is -2.17. The standard InChI is InChI=1S/C32H21N3O6S3/c1-16-6-11-42-28(16)30-27-26(40-9-10-41-27)29(44-30)25-3-2-24(43-25)17-4-7-33-20(12-17)22-14-19(32(38)39)15-23(35-22)21-13-18(31(36)37)5-8-34-21/h2-8,11-15H,9-10H2,1H3,(H,36,37)(H,38,39). The van der Waals surface area contributed by atoms with Crippen molar-refractivity contribution in [1.29, 1.82) is 0 Å². The van der Waals surface area contributed by atoms with Gasteiger partial charge in [-0.15, -0.1) is 34.0 Å². The van der Waals surface area contributed by atoms with Gasteiger partial charge < -0.3 is 19.7 Å². The van der Waals surface area contributed by atoms with E-state index in [0.717, 1.165) is 36.6 Å². The van der Waals surface area contributed by atoms with E-state index >= 15 is 0 Å². The number of carbonyl (C=O) groups is 2. The number of pyridine rings is 3. The van der Waals surface area contributed by atoms with Crippen molar-refractivity contribution in [3.8, 4) is 64.2 Å². The van der Waals surface area contributed by atoms with Gasteiger partial charge in [0.25, 0.3) is 0 Å². The summed E-state index contributed by atoms with van der Waals surface area (Å²) in [4.78, 5) is 42.1. The van der Waals surface area contributed by atoms with Crippen LogP contribution in [-0.2, 0) is 0 Å². The molecular weight excluding hydrogens is 619 g/mol. The van der Waals surface area contributed by atoms with E-state index in [0.29, 0.717) is 24.6 Å². The van der Waals surface area contributed by atoms with Gasteiger partial charge in [-0.2, -0.15) is 0 Å². The lowest BCUT2D eigenvalue weighted by Crippen LogP contribution is -2.14. The van der Waals surface area contributed by atoms with Crippen LogP contribution in [-0.4, -0.2) is 50.3 Å². The van der Waals surface area contributed by atoms with Crippen LogP contribution in [0.1, 0.15) is 26.3 Å². The molecule has 6 aromatic heterocycles. The number of hydrogen-bond donors (Lipinski definition) is 2. The van der Waals surface area contributed by atoms with Crippen LogP contribution in [0.3, 0.4) is 0 Å². The van der Waals surface area contributed by atoms with Gasteiger partial charge in [0.1, 0.15) is 13.2 Å². The molecule has 1 aliphatic heterocycles. The molecule has 1 aliphatic rings. The number of aromatic nitrogens is 3. The van der Waals surface area contributed by atoms with Crippen LogP contribution in [0.15, 0.2) is 72.4 Å². The molecule has 218 valence electrons. The summed E-state index contributed by atoms with van der Waals surface area (Å²) in [6, 6.07) is 15.5. The maximum absolute atomic E-state index is 12.0. The Kier molecular flexibility index (Phi) is 7.17. The van der Waals surface area contributed by atoms with Crippen molar-refractivity contribution in [3.63, 3.8) is 0 Å². The molecule has 7 rings (SSSR count). The number of hydrogen-bond acceptors (Lipinski definition) is 10. The number of aryl methyl sites for hydroxylation is 1. The predicted molar refractivity (Wildman–Crippen MR) is 170 cm³/mol. The fourth-order valence-electron chi connectivity index (χ4n) is 4.83. The first-order valence-electron chi connectivity index (χ1n) is 13.3. The Bertz CT molecular complexity index is 2080. The zero-order valence-electron chi connectivity index (χ0n) is 22.9. The van der Waals surface area contributed by atoms with E-state index in [1.54, 1.807) is 40.2 Å². The van der Waals surface area contributed by atoms with Gasteiger partial charge in [-0.25, -0.2) is 14.6 Å². The van der Waals surface area contributed by atoms with E-state index in [2.05, 4.69) is 39.4 Å². The number of carboxylic acid groups (broad SMARTS) is 2. The summed E-state index contributed by atoms with van der Waals surface area (Å²) in [6.07, 6.45) is 3.01. The Balaban J connectivity index is 1.26. The monoisotopic (exact) mass is 639 g/mol. The van der Waals surface area contributed by atoms with Crippen molar-refractivity contribution < 1.29 is 29.3 Å². The minimum atomic E-state index is -1.15. The highest BCUT2D eigenvalue weighted by Crippen LogP contribution is 2.56. The number of aromatic carboxylic acids is 2. The van der Waals surface area contributed by atoms with Crippen molar-refractivity contribution in [1.82, 2.24) is 15.0 Å². The second kappa shape index (κ2) is 11.3. The minimum Gasteiger partial charge on any atom is -0.485 e. The summed E-state index contributed by atoms with van der Waals surface area (Å²) >= 11 is 4.97. The molecule has 44 heavy (non-hydrogen) atoms. The van der Waals surface area contributed by atoms with Crippen LogP contribution in [0.2, 0.25) is 0 Å². The smallest absolute Gasteiger partial charge is 0.335 e. The Morgan fingerprint density at radius 2 is 1.34 bits per heavy atom. The van der Waals surface area contributed by atoms with Gasteiger partial charge >= 0.3 is 11.9 Å². The van der Waals surface area contributed by atoms with Gasteiger partial charge in [0.2, 0.25) is 0 Å². The minimum absolute atomic E-state index is 0.0142. The molecule has 0 spiro atoms. The lowest BCUT2D eigenvalue weighted by atomic mass is 10.1. The van der Waals surface area contributed by atoms with Crippen LogP contribution in [0.4, 0.5) is 0 Å². The molecule has 0 saturated heterocycles. The SMILES string of the molecule is Cc1ccsc1-c1sc(-c2ccc(-c3ccnc(-c4cc(C(=O)O)cc(-c5cc(C(=O)O)ccn5)n4)c3)s2)c2c1OCCO2. The van der Waals surface area contributed by atoms with Crippen molar-refractivity contribution in [2.24, 2.45) is 0 Å². The van der Waals surface area contributed by atoms with Crippen LogP contribution >= 0.6 is 34.0 Å². The summed E-state index contributed by atoms with van der Waals surface area (Å²) in [6.45, 7) is 3.10. The molecule has 0 bridgehead atoms. The third-order valence-electron chi connectivity index (χ3n) is 6.95. The molecular formula is C32H21N3O6S3. The average Bonchev–Trinajstić information content (AvgIpc) is 3.79. The Hall–Kier alpha value is -4.91. The molecule has 0 saturated carbocycles.